The number of hydrogen-bond acceptors (Lipinski definition) is 8. The molecule has 5 amide bonds. The number of carboxylic acid groups (broad SMARTS) is 1. The highest BCUT2D eigenvalue weighted by Crippen LogP contribution is 2.44. The minimum absolute atomic E-state index is 0.0492. The summed E-state index contributed by atoms with van der Waals surface area (Å²) in [6, 6.07) is 14.0. The number of likely N-dealkylation sites (tertiary alicyclic amines) is 1. The summed E-state index contributed by atoms with van der Waals surface area (Å²) in [6.07, 6.45) is 0.607. The van der Waals surface area contributed by atoms with Crippen molar-refractivity contribution in [3.8, 4) is 0 Å². The van der Waals surface area contributed by atoms with E-state index in [1.165, 1.54) is 9.80 Å². The van der Waals surface area contributed by atoms with E-state index in [1.807, 2.05) is 26.0 Å². The zero-order valence-corrected chi connectivity index (χ0v) is 32.4. The van der Waals surface area contributed by atoms with E-state index < -0.39 is 71.8 Å². The second kappa shape index (κ2) is 19.5. The molecule has 2 aromatic carbocycles. The number of alkyl halides is 2. The third-order valence-corrected chi connectivity index (χ3v) is 10.4. The lowest BCUT2D eigenvalue weighted by Crippen LogP contribution is -2.65. The number of carbonyl (C=O) groups is 5. The van der Waals surface area contributed by atoms with Crippen molar-refractivity contribution in [1.82, 2.24) is 25.8 Å². The van der Waals surface area contributed by atoms with Gasteiger partial charge in [-0.15, -0.1) is 0 Å². The van der Waals surface area contributed by atoms with Gasteiger partial charge in [-0.05, 0) is 62.1 Å². The molecule has 16 heteroatoms. The highest BCUT2D eigenvalue weighted by Gasteiger charge is 2.55. The van der Waals surface area contributed by atoms with Crippen LogP contribution >= 0.6 is 0 Å². The van der Waals surface area contributed by atoms with Crippen LogP contribution in [0, 0.1) is 5.92 Å². The maximum absolute atomic E-state index is 14.2. The van der Waals surface area contributed by atoms with E-state index in [1.54, 1.807) is 48.5 Å². The monoisotopic (exact) mass is 784 g/mol. The van der Waals surface area contributed by atoms with Gasteiger partial charge in [-0.2, -0.15) is 0 Å². The smallest absolute Gasteiger partial charge is 0.323 e. The summed E-state index contributed by atoms with van der Waals surface area (Å²) >= 11 is 0. The molecule has 1 heterocycles. The average Bonchev–Trinajstić information content (AvgIpc) is 3.13. The zero-order valence-electron chi connectivity index (χ0n) is 32.4. The van der Waals surface area contributed by atoms with E-state index >= 15 is 0 Å². The number of amides is 5. The summed E-state index contributed by atoms with van der Waals surface area (Å²) in [4.78, 5) is 70.5. The van der Waals surface area contributed by atoms with Gasteiger partial charge in [0, 0.05) is 51.0 Å². The first kappa shape index (κ1) is 44.0. The maximum Gasteiger partial charge on any atom is 0.323 e. The van der Waals surface area contributed by atoms with Gasteiger partial charge in [0.1, 0.15) is 23.7 Å². The van der Waals surface area contributed by atoms with Crippen molar-refractivity contribution in [2.24, 2.45) is 23.1 Å². The van der Waals surface area contributed by atoms with Crippen molar-refractivity contribution in [3.05, 3.63) is 71.8 Å². The van der Waals surface area contributed by atoms with Crippen LogP contribution in [0.3, 0.4) is 0 Å². The first-order valence-corrected chi connectivity index (χ1v) is 19.3. The predicted molar refractivity (Wildman–Crippen MR) is 207 cm³/mol. The Morgan fingerprint density at radius 2 is 1.38 bits per heavy atom. The lowest BCUT2D eigenvalue weighted by Gasteiger charge is -2.47. The number of nitrogens with zero attached hydrogens (tertiary/aromatic N) is 2. The molecule has 1 aliphatic carbocycles. The molecule has 2 aliphatic rings. The normalized spacial score (nSPS) is 18.5. The van der Waals surface area contributed by atoms with Gasteiger partial charge in [0.15, 0.2) is 0 Å². The summed E-state index contributed by atoms with van der Waals surface area (Å²) in [7, 11) is 0. The Hall–Kier alpha value is -4.67. The topological polar surface area (TPSA) is 226 Å². The zero-order chi connectivity index (χ0) is 41.1. The van der Waals surface area contributed by atoms with Crippen molar-refractivity contribution in [2.75, 3.05) is 26.2 Å². The maximum atomic E-state index is 14.2. The number of hydrogen-bond donors (Lipinski definition) is 7. The number of aliphatic carboxylic acids is 1. The lowest BCUT2D eigenvalue weighted by molar-refractivity contribution is -0.148. The number of urea groups is 1. The molecule has 14 nitrogen and oxygen atoms in total. The Balaban J connectivity index is 1.54. The summed E-state index contributed by atoms with van der Waals surface area (Å²) in [5, 5.41) is 18.0. The number of benzene rings is 2. The summed E-state index contributed by atoms with van der Waals surface area (Å²) in [5.41, 5.74) is 16.7. The third kappa shape index (κ3) is 12.7. The summed E-state index contributed by atoms with van der Waals surface area (Å²) in [5.74, 6) is -5.77. The third-order valence-electron chi connectivity index (χ3n) is 10.4. The van der Waals surface area contributed by atoms with Gasteiger partial charge in [0.05, 0.1) is 0 Å². The largest absolute Gasteiger partial charge is 0.480 e. The average molecular weight is 785 g/mol. The van der Waals surface area contributed by atoms with E-state index in [-0.39, 0.29) is 70.1 Å². The van der Waals surface area contributed by atoms with E-state index in [4.69, 9.17) is 17.2 Å². The fourth-order valence-electron chi connectivity index (χ4n) is 7.33. The first-order chi connectivity index (χ1) is 26.4. The fraction of sp³-hybridized carbons (Fsp3) is 0.575. The molecule has 0 radical (unpaired) electrons. The number of carboxylic acids is 1. The fourth-order valence-corrected chi connectivity index (χ4v) is 7.33. The van der Waals surface area contributed by atoms with Gasteiger partial charge in [-0.1, -0.05) is 74.5 Å². The quantitative estimate of drug-likeness (QED) is 0.104. The van der Waals surface area contributed by atoms with Gasteiger partial charge in [-0.3, -0.25) is 19.2 Å². The lowest BCUT2D eigenvalue weighted by atomic mass is 9.74. The van der Waals surface area contributed by atoms with E-state index in [2.05, 4.69) is 16.0 Å². The van der Waals surface area contributed by atoms with Crippen LogP contribution < -0.4 is 33.2 Å². The van der Waals surface area contributed by atoms with Gasteiger partial charge >= 0.3 is 12.0 Å². The highest BCUT2D eigenvalue weighted by atomic mass is 19.3. The number of unbranched alkanes of at least 4 members (excludes halogenated alkanes) is 1. The summed E-state index contributed by atoms with van der Waals surface area (Å²) < 4.78 is 27.9. The van der Waals surface area contributed by atoms with Crippen molar-refractivity contribution < 1.29 is 37.9 Å². The van der Waals surface area contributed by atoms with Gasteiger partial charge in [0.25, 0.3) is 5.92 Å². The van der Waals surface area contributed by atoms with Gasteiger partial charge in [0.2, 0.25) is 17.7 Å². The molecule has 10 N–H and O–H groups in total. The molecule has 1 saturated carbocycles. The van der Waals surface area contributed by atoms with Crippen LogP contribution in [-0.4, -0.2) is 106 Å². The first-order valence-electron chi connectivity index (χ1n) is 19.3. The summed E-state index contributed by atoms with van der Waals surface area (Å²) in [6.45, 7) is 4.22. The van der Waals surface area contributed by atoms with Crippen molar-refractivity contribution in [2.45, 2.75) is 113 Å². The molecule has 56 heavy (non-hydrogen) atoms. The number of rotatable bonds is 19. The number of nitrogens with one attached hydrogen (secondary N) is 3. The Morgan fingerprint density at radius 3 is 1.91 bits per heavy atom. The van der Waals surface area contributed by atoms with E-state index in [9.17, 15) is 37.9 Å². The molecule has 2 fully saturated rings. The van der Waals surface area contributed by atoms with Crippen LogP contribution in [0.1, 0.15) is 76.3 Å². The van der Waals surface area contributed by atoms with Crippen LogP contribution in [0.25, 0.3) is 0 Å². The molecular formula is C40H58F2N8O6. The van der Waals surface area contributed by atoms with E-state index in [0.717, 1.165) is 11.1 Å². The molecule has 1 aliphatic heterocycles. The minimum Gasteiger partial charge on any atom is -0.480 e. The van der Waals surface area contributed by atoms with Crippen LogP contribution in [0.15, 0.2) is 60.7 Å². The van der Waals surface area contributed by atoms with Gasteiger partial charge < -0.3 is 48.1 Å². The molecule has 1 saturated heterocycles. The molecule has 2 aromatic rings. The Morgan fingerprint density at radius 1 is 0.821 bits per heavy atom. The SMILES string of the molecule is CC(C)C[C@@H](NC(=O)[C@@H](Cc1ccccc1)NC(=O)N(Cc1ccccc1)CC1(N)CC(F)(F)C1)C(=O)N[C@H](CCCCN)C(=O)N1CCC(N)(C(=O)O)CC1. The van der Waals surface area contributed by atoms with Crippen LogP contribution in [0.2, 0.25) is 0 Å². The highest BCUT2D eigenvalue weighted by molar-refractivity contribution is 5.94. The van der Waals surface area contributed by atoms with Crippen molar-refractivity contribution >= 4 is 29.7 Å². The van der Waals surface area contributed by atoms with Crippen LogP contribution in [0.5, 0.6) is 0 Å². The number of piperidine rings is 1. The minimum atomic E-state index is -2.93. The molecule has 0 bridgehead atoms. The Labute approximate surface area is 327 Å². The number of halogens is 2. The molecule has 4 rings (SSSR count). The van der Waals surface area contributed by atoms with Gasteiger partial charge in [-0.25, -0.2) is 13.6 Å². The van der Waals surface area contributed by atoms with Crippen LogP contribution in [-0.2, 0) is 32.1 Å². The van der Waals surface area contributed by atoms with Crippen molar-refractivity contribution in [3.63, 3.8) is 0 Å². The standard InChI is InChI=1S/C40H58F2N8O6/c1-27(2)21-31(33(51)46-30(15-9-10-18-43)35(53)49-19-16-39(45,17-20-49)36(54)55)47-34(52)32(22-28-11-5-3-6-12-28)48-37(56)50(23-29-13-7-4-8-14-29)26-38(44)24-40(41,42)25-38/h3-8,11-14,27,30-32H,9-10,15-26,43-45H2,1-2H3,(H,46,51)(H,47,52)(H,48,56)(H,54,55)/t30-,31-,32-/m1/s1. The van der Waals surface area contributed by atoms with Crippen molar-refractivity contribution in [1.29, 1.82) is 0 Å². The predicted octanol–water partition coefficient (Wildman–Crippen LogP) is 2.49. The molecule has 308 valence electrons. The molecule has 0 unspecified atom stereocenters. The number of carbonyl (C=O) groups excluding carboxylic acids is 4. The van der Waals surface area contributed by atoms with E-state index in [0.29, 0.717) is 19.4 Å². The molecular weight excluding hydrogens is 726 g/mol. The second-order valence-electron chi connectivity index (χ2n) is 15.9. The molecule has 0 spiro atoms. The number of nitrogens with two attached hydrogens (primary N) is 3. The second-order valence-corrected chi connectivity index (χ2v) is 15.9. The Kier molecular flexibility index (Phi) is 15.3. The molecule has 3 atom stereocenters. The Bertz CT molecular complexity index is 1630. The molecule has 0 aromatic heterocycles. The van der Waals surface area contributed by atoms with Crippen LogP contribution in [0.4, 0.5) is 13.6 Å².